The number of carbonyl (C=O) groups excluding carboxylic acids is 3. The maximum atomic E-state index is 12.0. The monoisotopic (exact) mass is 306 g/mol. The summed E-state index contributed by atoms with van der Waals surface area (Å²) < 4.78 is 4.75. The van der Waals surface area contributed by atoms with Gasteiger partial charge in [0, 0.05) is 6.42 Å². The van der Waals surface area contributed by atoms with Crippen LogP contribution in [0.2, 0.25) is 0 Å². The number of hydrogen-bond donors (Lipinski definition) is 2. The molecule has 1 unspecified atom stereocenters. The van der Waals surface area contributed by atoms with E-state index in [1.807, 2.05) is 0 Å². The molecule has 2 fully saturated rings. The second kappa shape index (κ2) is 5.25. The second-order valence-corrected chi connectivity index (χ2v) is 4.51. The average molecular weight is 307 g/mol. The lowest BCUT2D eigenvalue weighted by Gasteiger charge is -2.30. The van der Waals surface area contributed by atoms with Gasteiger partial charge in [-0.1, -0.05) is 0 Å². The number of halogens is 1. The molecule has 2 rings (SSSR count). The third kappa shape index (κ3) is 2.29. The predicted molar refractivity (Wildman–Crippen MR) is 61.1 cm³/mol. The molecule has 110 valence electrons. The lowest BCUT2D eigenvalue weighted by molar-refractivity contribution is -0.256. The van der Waals surface area contributed by atoms with Crippen LogP contribution in [0.25, 0.3) is 0 Å². The van der Waals surface area contributed by atoms with E-state index < -0.39 is 35.5 Å². The lowest BCUT2D eigenvalue weighted by atomic mass is 10.1. The molecule has 0 bridgehead atoms. The zero-order valence-electron chi connectivity index (χ0n) is 10.1. The highest BCUT2D eigenvalue weighted by molar-refractivity contribution is 6.27. The minimum absolute atomic E-state index is 0.141. The minimum Gasteiger partial charge on any atom is -0.477 e. The summed E-state index contributed by atoms with van der Waals surface area (Å²) in [5.41, 5.74) is -2.17. The summed E-state index contributed by atoms with van der Waals surface area (Å²) in [5.74, 6) is -4.00. The molecule has 2 atom stereocenters. The standard InChI is InChI=1S/C10H11ClN2O7/c11-3-6(14)12-5-4-19-13(8(5)16)10(9(17)18)2-1-7(15)20-10/h5H,1-4H2,(H,12,14)(H,17,18)/t5-,10?/m0/s1. The van der Waals surface area contributed by atoms with Gasteiger partial charge in [0.2, 0.25) is 5.91 Å². The van der Waals surface area contributed by atoms with Gasteiger partial charge >= 0.3 is 17.7 Å². The molecule has 2 aliphatic heterocycles. The van der Waals surface area contributed by atoms with Gasteiger partial charge in [-0.05, 0) is 0 Å². The highest BCUT2D eigenvalue weighted by atomic mass is 35.5. The molecule has 0 radical (unpaired) electrons. The van der Waals surface area contributed by atoms with Crippen LogP contribution in [0.1, 0.15) is 12.8 Å². The molecule has 0 aliphatic carbocycles. The first-order valence-electron chi connectivity index (χ1n) is 5.68. The first-order chi connectivity index (χ1) is 9.40. The molecule has 10 heteroatoms. The molecule has 2 heterocycles. The van der Waals surface area contributed by atoms with Crippen LogP contribution in [0.15, 0.2) is 0 Å². The smallest absolute Gasteiger partial charge is 0.372 e. The van der Waals surface area contributed by atoms with Gasteiger partial charge in [0.15, 0.2) is 0 Å². The van der Waals surface area contributed by atoms with Gasteiger partial charge in [-0.2, -0.15) is 5.06 Å². The molecular formula is C10H11ClN2O7. The Bertz CT molecular complexity index is 482. The fourth-order valence-electron chi connectivity index (χ4n) is 1.99. The number of rotatable bonds is 4. The highest BCUT2D eigenvalue weighted by Gasteiger charge is 2.59. The van der Waals surface area contributed by atoms with Crippen LogP contribution in [-0.4, -0.2) is 58.2 Å². The van der Waals surface area contributed by atoms with Crippen molar-refractivity contribution < 1.29 is 33.9 Å². The quantitative estimate of drug-likeness (QED) is 0.484. The Hall–Kier alpha value is -1.87. The summed E-state index contributed by atoms with van der Waals surface area (Å²) in [4.78, 5) is 50.7. The number of amides is 2. The summed E-state index contributed by atoms with van der Waals surface area (Å²) in [7, 11) is 0. The molecule has 0 aromatic heterocycles. The Kier molecular flexibility index (Phi) is 3.82. The van der Waals surface area contributed by atoms with Crippen LogP contribution in [0.4, 0.5) is 0 Å². The van der Waals surface area contributed by atoms with Crippen molar-refractivity contribution in [3.05, 3.63) is 0 Å². The first kappa shape index (κ1) is 14.5. The number of cyclic esters (lactones) is 1. The van der Waals surface area contributed by atoms with Crippen molar-refractivity contribution in [3.63, 3.8) is 0 Å². The largest absolute Gasteiger partial charge is 0.477 e. The number of aliphatic carboxylic acids is 1. The van der Waals surface area contributed by atoms with Gasteiger partial charge in [-0.25, -0.2) is 4.79 Å². The molecule has 2 N–H and O–H groups in total. The normalized spacial score (nSPS) is 29.4. The van der Waals surface area contributed by atoms with E-state index in [-0.39, 0.29) is 25.3 Å². The topological polar surface area (TPSA) is 122 Å². The van der Waals surface area contributed by atoms with Crippen molar-refractivity contribution in [2.45, 2.75) is 24.6 Å². The van der Waals surface area contributed by atoms with E-state index in [4.69, 9.17) is 21.2 Å². The van der Waals surface area contributed by atoms with Crippen molar-refractivity contribution in [3.8, 4) is 0 Å². The van der Waals surface area contributed by atoms with Crippen molar-refractivity contribution in [1.29, 1.82) is 0 Å². The number of ether oxygens (including phenoxy) is 1. The summed E-state index contributed by atoms with van der Waals surface area (Å²) >= 11 is 5.30. The fourth-order valence-corrected chi connectivity index (χ4v) is 2.06. The molecule has 2 aliphatic rings. The van der Waals surface area contributed by atoms with E-state index in [0.717, 1.165) is 0 Å². The molecule has 0 spiro atoms. The molecular weight excluding hydrogens is 296 g/mol. The summed E-state index contributed by atoms with van der Waals surface area (Å²) in [6.45, 7) is -0.256. The maximum Gasteiger partial charge on any atom is 0.372 e. The average Bonchev–Trinajstić information content (AvgIpc) is 2.95. The van der Waals surface area contributed by atoms with Gasteiger partial charge in [0.1, 0.15) is 18.5 Å². The Morgan fingerprint density at radius 3 is 2.70 bits per heavy atom. The fraction of sp³-hybridized carbons (Fsp3) is 0.600. The Morgan fingerprint density at radius 1 is 1.50 bits per heavy atom. The van der Waals surface area contributed by atoms with Gasteiger partial charge in [-0.15, -0.1) is 11.6 Å². The molecule has 0 aromatic rings. The van der Waals surface area contributed by atoms with E-state index in [0.29, 0.717) is 5.06 Å². The summed E-state index contributed by atoms with van der Waals surface area (Å²) in [5, 5.41) is 12.0. The predicted octanol–water partition coefficient (Wildman–Crippen LogP) is -1.40. The molecule has 0 saturated carbocycles. The molecule has 0 aromatic carbocycles. The Labute approximate surface area is 117 Å². The van der Waals surface area contributed by atoms with Crippen molar-refractivity contribution >= 4 is 35.4 Å². The number of hydrogen-bond acceptors (Lipinski definition) is 6. The first-order valence-corrected chi connectivity index (χ1v) is 6.21. The van der Waals surface area contributed by atoms with Gasteiger partial charge < -0.3 is 15.2 Å². The van der Waals surface area contributed by atoms with Gasteiger partial charge in [0.25, 0.3) is 5.91 Å². The SMILES string of the molecule is O=C(CCl)N[C@H]1CON(C2(C(=O)O)CCC(=O)O2)C1=O. The van der Waals surface area contributed by atoms with Gasteiger partial charge in [-0.3, -0.25) is 19.2 Å². The minimum atomic E-state index is -2.17. The zero-order chi connectivity index (χ0) is 14.9. The zero-order valence-corrected chi connectivity index (χ0v) is 10.9. The second-order valence-electron chi connectivity index (χ2n) is 4.25. The van der Waals surface area contributed by atoms with E-state index in [2.05, 4.69) is 5.32 Å². The number of hydroxylamine groups is 2. The molecule has 20 heavy (non-hydrogen) atoms. The van der Waals surface area contributed by atoms with Crippen LogP contribution >= 0.6 is 11.6 Å². The third-order valence-electron chi connectivity index (χ3n) is 2.94. The summed E-state index contributed by atoms with van der Waals surface area (Å²) in [6.07, 6.45) is -0.360. The number of carbonyl (C=O) groups is 4. The Balaban J connectivity index is 2.17. The van der Waals surface area contributed by atoms with Crippen LogP contribution in [0.3, 0.4) is 0 Å². The molecule has 2 saturated heterocycles. The van der Waals surface area contributed by atoms with Crippen molar-refractivity contribution in [2.24, 2.45) is 0 Å². The Morgan fingerprint density at radius 2 is 2.20 bits per heavy atom. The highest BCUT2D eigenvalue weighted by Crippen LogP contribution is 2.33. The number of esters is 1. The number of carboxylic acids is 1. The van der Waals surface area contributed by atoms with E-state index in [9.17, 15) is 24.3 Å². The lowest BCUT2D eigenvalue weighted by Crippen LogP contribution is -2.56. The van der Waals surface area contributed by atoms with Gasteiger partial charge in [0.05, 0.1) is 6.42 Å². The van der Waals surface area contributed by atoms with E-state index >= 15 is 0 Å². The molecule has 2 amide bonds. The van der Waals surface area contributed by atoms with E-state index in [1.165, 1.54) is 0 Å². The number of carboxylic acid groups (broad SMARTS) is 1. The van der Waals surface area contributed by atoms with Crippen LogP contribution < -0.4 is 5.32 Å². The van der Waals surface area contributed by atoms with E-state index in [1.54, 1.807) is 0 Å². The number of alkyl halides is 1. The van der Waals surface area contributed by atoms with Crippen molar-refractivity contribution in [2.75, 3.05) is 12.5 Å². The molecule has 9 nitrogen and oxygen atoms in total. The van der Waals surface area contributed by atoms with Crippen LogP contribution in [0.5, 0.6) is 0 Å². The maximum absolute atomic E-state index is 12.0. The van der Waals surface area contributed by atoms with Crippen LogP contribution in [0, 0.1) is 0 Å². The number of nitrogens with zero attached hydrogens (tertiary/aromatic N) is 1. The third-order valence-corrected chi connectivity index (χ3v) is 3.18. The number of nitrogens with one attached hydrogen (secondary N) is 1. The van der Waals surface area contributed by atoms with Crippen LogP contribution in [-0.2, 0) is 28.8 Å². The van der Waals surface area contributed by atoms with Crippen molar-refractivity contribution in [1.82, 2.24) is 10.4 Å². The summed E-state index contributed by atoms with van der Waals surface area (Å²) in [6, 6.07) is -1.06.